The van der Waals surface area contributed by atoms with Crippen molar-refractivity contribution in [2.45, 2.75) is 33.1 Å². The van der Waals surface area contributed by atoms with E-state index < -0.39 is 5.41 Å². The number of hydrogen-bond acceptors (Lipinski definition) is 3. The Bertz CT molecular complexity index is 330. The Kier molecular flexibility index (Phi) is 5.35. The maximum Gasteiger partial charge on any atom is 0.229 e. The third-order valence-electron chi connectivity index (χ3n) is 4.32. The smallest absolute Gasteiger partial charge is 0.229 e. The van der Waals surface area contributed by atoms with Gasteiger partial charge in [-0.25, -0.2) is 0 Å². The first kappa shape index (κ1) is 16.0. The highest BCUT2D eigenvalue weighted by Gasteiger charge is 2.36. The molecule has 0 saturated carbocycles. The molecule has 0 aromatic rings. The van der Waals surface area contributed by atoms with E-state index in [2.05, 4.69) is 0 Å². The molecule has 19 heavy (non-hydrogen) atoms. The third kappa shape index (κ3) is 3.47. The minimum atomic E-state index is -0.460. The molecule has 1 aliphatic heterocycles. The lowest BCUT2D eigenvalue weighted by molar-refractivity contribution is -0.145. The zero-order chi connectivity index (χ0) is 14.6. The molecule has 1 heterocycles. The quantitative estimate of drug-likeness (QED) is 0.816. The molecule has 5 heteroatoms. The second-order valence-corrected chi connectivity index (χ2v) is 5.92. The molecule has 0 radical (unpaired) electrons. The predicted octanol–water partition coefficient (Wildman–Crippen LogP) is 0.688. The van der Waals surface area contributed by atoms with Crippen molar-refractivity contribution in [3.63, 3.8) is 0 Å². The fourth-order valence-corrected chi connectivity index (χ4v) is 2.46. The summed E-state index contributed by atoms with van der Waals surface area (Å²) in [6.07, 6.45) is 2.26. The first-order valence-corrected chi connectivity index (χ1v) is 7.06. The van der Waals surface area contributed by atoms with Crippen LogP contribution in [-0.2, 0) is 9.59 Å². The molecule has 1 rings (SSSR count). The molecule has 0 bridgehead atoms. The monoisotopic (exact) mass is 269 g/mol. The van der Waals surface area contributed by atoms with Crippen molar-refractivity contribution in [3.8, 4) is 0 Å². The summed E-state index contributed by atoms with van der Waals surface area (Å²) in [7, 11) is 3.56. The van der Waals surface area contributed by atoms with Crippen molar-refractivity contribution in [1.29, 1.82) is 0 Å². The molecule has 110 valence electrons. The number of likely N-dealkylation sites (tertiary alicyclic amines) is 1. The van der Waals surface area contributed by atoms with Gasteiger partial charge in [-0.05, 0) is 26.2 Å². The highest BCUT2D eigenvalue weighted by Crippen LogP contribution is 2.26. The van der Waals surface area contributed by atoms with Crippen molar-refractivity contribution in [2.75, 3.05) is 33.7 Å². The maximum absolute atomic E-state index is 12.4. The van der Waals surface area contributed by atoms with Crippen LogP contribution in [0.2, 0.25) is 0 Å². The lowest BCUT2D eigenvalue weighted by Gasteiger charge is -2.37. The van der Waals surface area contributed by atoms with Crippen molar-refractivity contribution in [2.24, 2.45) is 17.1 Å². The molecule has 0 spiro atoms. The van der Waals surface area contributed by atoms with Gasteiger partial charge in [-0.3, -0.25) is 9.59 Å². The van der Waals surface area contributed by atoms with Crippen LogP contribution in [0.15, 0.2) is 0 Å². The zero-order valence-electron chi connectivity index (χ0n) is 12.6. The minimum Gasteiger partial charge on any atom is -0.349 e. The van der Waals surface area contributed by atoms with Crippen LogP contribution in [0.1, 0.15) is 33.1 Å². The summed E-state index contributed by atoms with van der Waals surface area (Å²) in [5.74, 6) is 0.363. The average Bonchev–Trinajstić information content (AvgIpc) is 2.44. The van der Waals surface area contributed by atoms with Crippen LogP contribution < -0.4 is 5.73 Å². The highest BCUT2D eigenvalue weighted by molar-refractivity contribution is 5.83. The average molecular weight is 269 g/mol. The van der Waals surface area contributed by atoms with Crippen molar-refractivity contribution < 1.29 is 9.59 Å². The minimum absolute atomic E-state index is 0.0600. The van der Waals surface area contributed by atoms with E-state index in [1.807, 2.05) is 18.7 Å². The van der Waals surface area contributed by atoms with E-state index in [0.717, 1.165) is 19.3 Å². The number of carbonyl (C=O) groups is 2. The van der Waals surface area contributed by atoms with Gasteiger partial charge in [0.2, 0.25) is 11.8 Å². The number of rotatable bonds is 4. The van der Waals surface area contributed by atoms with Gasteiger partial charge in [0.05, 0.1) is 5.41 Å². The van der Waals surface area contributed by atoms with E-state index in [0.29, 0.717) is 19.6 Å². The molecule has 1 fully saturated rings. The van der Waals surface area contributed by atoms with Gasteiger partial charge in [-0.2, -0.15) is 0 Å². The molecule has 1 atom stereocenters. The van der Waals surface area contributed by atoms with E-state index in [1.165, 1.54) is 0 Å². The number of nitrogens with two attached hydrogens (primary N) is 1. The molecule has 1 saturated heterocycles. The van der Waals surface area contributed by atoms with Crippen molar-refractivity contribution >= 4 is 11.8 Å². The van der Waals surface area contributed by atoms with E-state index in [9.17, 15) is 9.59 Å². The summed E-state index contributed by atoms with van der Waals surface area (Å²) in [4.78, 5) is 27.8. The number of carbonyl (C=O) groups excluding carboxylic acids is 2. The van der Waals surface area contributed by atoms with Gasteiger partial charge in [0.1, 0.15) is 0 Å². The maximum atomic E-state index is 12.4. The fraction of sp³-hybridized carbons (Fsp3) is 0.857. The van der Waals surface area contributed by atoms with Crippen molar-refractivity contribution in [1.82, 2.24) is 9.80 Å². The van der Waals surface area contributed by atoms with Gasteiger partial charge < -0.3 is 15.5 Å². The normalized spacial score (nSPS) is 19.9. The predicted molar refractivity (Wildman–Crippen MR) is 75.5 cm³/mol. The van der Waals surface area contributed by atoms with Crippen LogP contribution >= 0.6 is 0 Å². The summed E-state index contributed by atoms with van der Waals surface area (Å²) < 4.78 is 0. The summed E-state index contributed by atoms with van der Waals surface area (Å²) in [6.45, 7) is 5.62. The fourth-order valence-electron chi connectivity index (χ4n) is 2.46. The van der Waals surface area contributed by atoms with Gasteiger partial charge in [0.25, 0.3) is 0 Å². The van der Waals surface area contributed by atoms with Gasteiger partial charge in [-0.15, -0.1) is 0 Å². The SMILES string of the molecule is CCC(C)(CN)C(=O)N1CCC(C(=O)N(C)C)CC1. The standard InChI is InChI=1S/C14H27N3O2/c1-5-14(2,10-15)13(19)17-8-6-11(7-9-17)12(18)16(3)4/h11H,5-10,15H2,1-4H3. The van der Waals surface area contributed by atoms with Crippen molar-refractivity contribution in [3.05, 3.63) is 0 Å². The number of hydrogen-bond donors (Lipinski definition) is 1. The molecular formula is C14H27N3O2. The first-order valence-electron chi connectivity index (χ1n) is 7.06. The first-order chi connectivity index (χ1) is 8.85. The molecule has 1 aliphatic rings. The van der Waals surface area contributed by atoms with Crippen LogP contribution in [0.25, 0.3) is 0 Å². The Morgan fingerprint density at radius 1 is 1.32 bits per heavy atom. The molecule has 0 aromatic carbocycles. The largest absolute Gasteiger partial charge is 0.349 e. The lowest BCUT2D eigenvalue weighted by atomic mass is 9.84. The van der Waals surface area contributed by atoms with Crippen LogP contribution in [-0.4, -0.2) is 55.3 Å². The summed E-state index contributed by atoms with van der Waals surface area (Å²) in [5.41, 5.74) is 5.27. The van der Waals surface area contributed by atoms with Crippen LogP contribution in [0.5, 0.6) is 0 Å². The van der Waals surface area contributed by atoms with Gasteiger partial charge in [-0.1, -0.05) is 6.92 Å². The van der Waals surface area contributed by atoms with Crippen LogP contribution in [0.3, 0.4) is 0 Å². The second-order valence-electron chi connectivity index (χ2n) is 5.92. The zero-order valence-corrected chi connectivity index (χ0v) is 12.6. The van der Waals surface area contributed by atoms with Gasteiger partial charge in [0, 0.05) is 39.6 Å². The van der Waals surface area contributed by atoms with Gasteiger partial charge >= 0.3 is 0 Å². The molecular weight excluding hydrogens is 242 g/mol. The molecule has 0 aromatic heterocycles. The molecule has 0 aliphatic carbocycles. The Balaban J connectivity index is 2.59. The molecule has 1 unspecified atom stereocenters. The van der Waals surface area contributed by atoms with E-state index in [4.69, 9.17) is 5.73 Å². The highest BCUT2D eigenvalue weighted by atomic mass is 16.2. The van der Waals surface area contributed by atoms with E-state index >= 15 is 0 Å². The summed E-state index contributed by atoms with van der Waals surface area (Å²) in [5, 5.41) is 0. The summed E-state index contributed by atoms with van der Waals surface area (Å²) in [6, 6.07) is 0. The summed E-state index contributed by atoms with van der Waals surface area (Å²) >= 11 is 0. The third-order valence-corrected chi connectivity index (χ3v) is 4.32. The topological polar surface area (TPSA) is 66.6 Å². The van der Waals surface area contributed by atoms with E-state index in [1.54, 1.807) is 19.0 Å². The van der Waals surface area contributed by atoms with Gasteiger partial charge in [0.15, 0.2) is 0 Å². The molecule has 5 nitrogen and oxygen atoms in total. The van der Waals surface area contributed by atoms with E-state index in [-0.39, 0.29) is 17.7 Å². The molecule has 2 N–H and O–H groups in total. The molecule has 2 amide bonds. The number of piperidine rings is 1. The van der Waals surface area contributed by atoms with Crippen LogP contribution in [0, 0.1) is 11.3 Å². The Morgan fingerprint density at radius 3 is 2.21 bits per heavy atom. The number of amides is 2. The Morgan fingerprint density at radius 2 is 1.84 bits per heavy atom. The number of nitrogens with zero attached hydrogens (tertiary/aromatic N) is 2. The van der Waals surface area contributed by atoms with Crippen LogP contribution in [0.4, 0.5) is 0 Å². The Labute approximate surface area is 116 Å². The second kappa shape index (κ2) is 6.37. The Hall–Kier alpha value is -1.10. The lowest BCUT2D eigenvalue weighted by Crippen LogP contribution is -2.50.